The Morgan fingerprint density at radius 3 is 2.00 bits per heavy atom. The standard InChI is InChI=1S/C10H21N3O.C2HF3O2/c1-13(2)7-10(14)12-9-5-3-8(11)4-6-9;3-2(4,5)1(6)7/h8-9H,3-7,11H2,1-2H3,(H,12,14);(H,6,7). The van der Waals surface area contributed by atoms with Gasteiger partial charge in [0.2, 0.25) is 5.91 Å². The van der Waals surface area contributed by atoms with Crippen molar-refractivity contribution in [3.8, 4) is 0 Å². The average Bonchev–Trinajstić information content (AvgIpc) is 2.30. The van der Waals surface area contributed by atoms with Gasteiger partial charge in [0, 0.05) is 12.1 Å². The predicted molar refractivity (Wildman–Crippen MR) is 70.6 cm³/mol. The molecule has 0 heterocycles. The fourth-order valence-corrected chi connectivity index (χ4v) is 1.82. The van der Waals surface area contributed by atoms with Crippen molar-refractivity contribution >= 4 is 11.9 Å². The monoisotopic (exact) mass is 313 g/mol. The molecule has 0 aliphatic heterocycles. The largest absolute Gasteiger partial charge is 0.490 e. The first-order valence-electron chi connectivity index (χ1n) is 6.52. The molecule has 4 N–H and O–H groups in total. The van der Waals surface area contributed by atoms with Gasteiger partial charge in [-0.15, -0.1) is 0 Å². The van der Waals surface area contributed by atoms with Crippen LogP contribution < -0.4 is 11.1 Å². The molecule has 0 atom stereocenters. The van der Waals surface area contributed by atoms with Crippen molar-refractivity contribution in [1.29, 1.82) is 0 Å². The Balaban J connectivity index is 0.000000486. The maximum Gasteiger partial charge on any atom is 0.490 e. The van der Waals surface area contributed by atoms with E-state index in [0.717, 1.165) is 25.7 Å². The molecular formula is C12H22F3N3O3. The van der Waals surface area contributed by atoms with E-state index >= 15 is 0 Å². The van der Waals surface area contributed by atoms with Gasteiger partial charge in [-0.2, -0.15) is 13.2 Å². The van der Waals surface area contributed by atoms with E-state index in [1.807, 2.05) is 19.0 Å². The normalized spacial score (nSPS) is 22.2. The first kappa shape index (κ1) is 19.7. The van der Waals surface area contributed by atoms with Crippen molar-refractivity contribution < 1.29 is 27.9 Å². The van der Waals surface area contributed by atoms with Crippen molar-refractivity contribution in [2.75, 3.05) is 20.6 Å². The lowest BCUT2D eigenvalue weighted by molar-refractivity contribution is -0.192. The molecule has 6 nitrogen and oxygen atoms in total. The van der Waals surface area contributed by atoms with Gasteiger partial charge in [-0.1, -0.05) is 0 Å². The molecule has 9 heteroatoms. The number of carboxylic acids is 1. The van der Waals surface area contributed by atoms with Gasteiger partial charge in [0.1, 0.15) is 0 Å². The van der Waals surface area contributed by atoms with Crippen LogP contribution in [0.3, 0.4) is 0 Å². The summed E-state index contributed by atoms with van der Waals surface area (Å²) in [6.07, 6.45) is -0.958. The molecule has 0 aromatic carbocycles. The summed E-state index contributed by atoms with van der Waals surface area (Å²) in [4.78, 5) is 22.2. The number of alkyl halides is 3. The summed E-state index contributed by atoms with van der Waals surface area (Å²) in [5.41, 5.74) is 5.79. The number of halogens is 3. The van der Waals surface area contributed by atoms with Crippen LogP contribution in [0.4, 0.5) is 13.2 Å². The molecule has 0 aromatic heterocycles. The zero-order valence-electron chi connectivity index (χ0n) is 12.1. The van der Waals surface area contributed by atoms with Crippen LogP contribution in [0.25, 0.3) is 0 Å². The number of amides is 1. The molecule has 0 aromatic rings. The van der Waals surface area contributed by atoms with Gasteiger partial charge in [-0.25, -0.2) is 4.79 Å². The Hall–Kier alpha value is -1.35. The number of hydrogen-bond acceptors (Lipinski definition) is 4. The van der Waals surface area contributed by atoms with E-state index in [2.05, 4.69) is 5.32 Å². The van der Waals surface area contributed by atoms with Crippen molar-refractivity contribution in [3.63, 3.8) is 0 Å². The highest BCUT2D eigenvalue weighted by Gasteiger charge is 2.38. The van der Waals surface area contributed by atoms with Crippen molar-refractivity contribution in [2.24, 2.45) is 5.73 Å². The second-order valence-electron chi connectivity index (χ2n) is 5.22. The number of hydrogen-bond donors (Lipinski definition) is 3. The molecule has 1 saturated carbocycles. The van der Waals surface area contributed by atoms with Crippen LogP contribution in [-0.4, -0.2) is 60.8 Å². The molecule has 21 heavy (non-hydrogen) atoms. The smallest absolute Gasteiger partial charge is 0.475 e. The summed E-state index contributed by atoms with van der Waals surface area (Å²) < 4.78 is 31.7. The molecule has 1 amide bonds. The predicted octanol–water partition coefficient (Wildman–Crippen LogP) is 0.567. The van der Waals surface area contributed by atoms with Gasteiger partial charge in [-0.3, -0.25) is 4.79 Å². The lowest BCUT2D eigenvalue weighted by Gasteiger charge is -2.27. The summed E-state index contributed by atoms with van der Waals surface area (Å²) in [6.45, 7) is 0.475. The zero-order chi connectivity index (χ0) is 16.6. The number of nitrogens with one attached hydrogen (secondary N) is 1. The van der Waals surface area contributed by atoms with E-state index in [0.29, 0.717) is 18.6 Å². The third-order valence-electron chi connectivity index (χ3n) is 2.84. The van der Waals surface area contributed by atoms with Crippen LogP contribution in [0.2, 0.25) is 0 Å². The van der Waals surface area contributed by atoms with E-state index < -0.39 is 12.1 Å². The number of nitrogens with two attached hydrogens (primary N) is 1. The van der Waals surface area contributed by atoms with Crippen LogP contribution in [0, 0.1) is 0 Å². The number of rotatable bonds is 3. The topological polar surface area (TPSA) is 95.7 Å². The average molecular weight is 313 g/mol. The summed E-state index contributed by atoms with van der Waals surface area (Å²) >= 11 is 0. The number of aliphatic carboxylic acids is 1. The molecule has 0 unspecified atom stereocenters. The number of nitrogens with zero attached hydrogens (tertiary/aromatic N) is 1. The van der Waals surface area contributed by atoms with Gasteiger partial charge in [0.15, 0.2) is 0 Å². The Morgan fingerprint density at radius 1 is 1.24 bits per heavy atom. The molecule has 1 aliphatic rings. The van der Waals surface area contributed by atoms with E-state index in [1.54, 1.807) is 0 Å². The molecular weight excluding hydrogens is 291 g/mol. The van der Waals surface area contributed by atoms with Gasteiger partial charge in [0.25, 0.3) is 0 Å². The van der Waals surface area contributed by atoms with Crippen LogP contribution in [0.5, 0.6) is 0 Å². The summed E-state index contributed by atoms with van der Waals surface area (Å²) in [5.74, 6) is -2.64. The SMILES string of the molecule is CN(C)CC(=O)NC1CCC(N)CC1.O=C(O)C(F)(F)F. The summed E-state index contributed by atoms with van der Waals surface area (Å²) in [5, 5.41) is 10.2. The highest BCUT2D eigenvalue weighted by atomic mass is 19.4. The van der Waals surface area contributed by atoms with Crippen LogP contribution in [0.15, 0.2) is 0 Å². The molecule has 0 spiro atoms. The third kappa shape index (κ3) is 10.1. The molecule has 1 rings (SSSR count). The first-order chi connectivity index (χ1) is 9.52. The second-order valence-corrected chi connectivity index (χ2v) is 5.22. The Labute approximate surface area is 121 Å². The molecule has 0 bridgehead atoms. The molecule has 124 valence electrons. The minimum Gasteiger partial charge on any atom is -0.475 e. The maximum atomic E-state index is 11.4. The minimum absolute atomic E-state index is 0.121. The van der Waals surface area contributed by atoms with Crippen LogP contribution >= 0.6 is 0 Å². The van der Waals surface area contributed by atoms with E-state index in [-0.39, 0.29) is 5.91 Å². The van der Waals surface area contributed by atoms with E-state index in [9.17, 15) is 18.0 Å². The Bertz CT molecular complexity index is 340. The second kappa shape index (κ2) is 8.83. The Morgan fingerprint density at radius 2 is 1.67 bits per heavy atom. The quantitative estimate of drug-likeness (QED) is 0.708. The molecule has 1 fully saturated rings. The first-order valence-corrected chi connectivity index (χ1v) is 6.52. The van der Waals surface area contributed by atoms with Crippen LogP contribution in [0.1, 0.15) is 25.7 Å². The van der Waals surface area contributed by atoms with E-state index in [4.69, 9.17) is 15.6 Å². The van der Waals surface area contributed by atoms with Gasteiger partial charge in [0.05, 0.1) is 6.54 Å². The minimum atomic E-state index is -5.08. The summed E-state index contributed by atoms with van der Waals surface area (Å²) in [7, 11) is 3.80. The number of carbonyl (C=O) groups excluding carboxylic acids is 1. The van der Waals surface area contributed by atoms with E-state index in [1.165, 1.54) is 0 Å². The zero-order valence-corrected chi connectivity index (χ0v) is 12.1. The fourth-order valence-electron chi connectivity index (χ4n) is 1.82. The molecule has 1 aliphatic carbocycles. The van der Waals surface area contributed by atoms with Crippen molar-refractivity contribution in [2.45, 2.75) is 43.9 Å². The van der Waals surface area contributed by atoms with Gasteiger partial charge >= 0.3 is 12.1 Å². The highest BCUT2D eigenvalue weighted by molar-refractivity contribution is 5.78. The van der Waals surface area contributed by atoms with Gasteiger partial charge < -0.3 is 21.1 Å². The van der Waals surface area contributed by atoms with Crippen molar-refractivity contribution in [3.05, 3.63) is 0 Å². The molecule has 0 saturated heterocycles. The maximum absolute atomic E-state index is 11.4. The number of likely N-dealkylation sites (N-methyl/N-ethyl adjacent to an activating group) is 1. The highest BCUT2D eigenvalue weighted by Crippen LogP contribution is 2.16. The number of carbonyl (C=O) groups is 2. The fraction of sp³-hybridized carbons (Fsp3) is 0.833. The van der Waals surface area contributed by atoms with Crippen LogP contribution in [-0.2, 0) is 9.59 Å². The van der Waals surface area contributed by atoms with Crippen molar-refractivity contribution in [1.82, 2.24) is 10.2 Å². The third-order valence-corrected chi connectivity index (χ3v) is 2.84. The van der Waals surface area contributed by atoms with Gasteiger partial charge in [-0.05, 0) is 39.8 Å². The summed E-state index contributed by atoms with van der Waals surface area (Å²) in [6, 6.07) is 0.694. The Kier molecular flexibility index (Phi) is 8.26. The number of carboxylic acid groups (broad SMARTS) is 1. The lowest BCUT2D eigenvalue weighted by atomic mass is 9.92. The lowest BCUT2D eigenvalue weighted by Crippen LogP contribution is -2.43. The molecule has 0 radical (unpaired) electrons.